The number of hydrogen-bond donors (Lipinski definition) is 0. The Morgan fingerprint density at radius 1 is 1.15 bits per heavy atom. The molecule has 1 aromatic heterocycles. The summed E-state index contributed by atoms with van der Waals surface area (Å²) in [5, 5.41) is 18.6. The first-order valence-corrected chi connectivity index (χ1v) is 9.09. The number of aryl methyl sites for hydroxylation is 2. The van der Waals surface area contributed by atoms with E-state index in [1.54, 1.807) is 19.1 Å². The van der Waals surface area contributed by atoms with Crippen LogP contribution in [0.25, 0.3) is 11.5 Å². The van der Waals surface area contributed by atoms with E-state index < -0.39 is 10.2 Å². The van der Waals surface area contributed by atoms with Crippen LogP contribution in [0.15, 0.2) is 52.1 Å². The zero-order chi connectivity index (χ0) is 19.6. The Kier molecular flexibility index (Phi) is 5.36. The molecule has 0 unspecified atom stereocenters. The van der Waals surface area contributed by atoms with E-state index in [0.717, 1.165) is 22.9 Å². The standard InChI is InChI=1S/C19H17N3O4S/c1-11-7-8-14(9-12(11)2)17(23)13(3)27-19-21-20-18(26-19)15-5-4-6-16(10-15)22(24)25/h4-10,13H,1-3H3/t13-/m1/s1. The van der Waals surface area contributed by atoms with E-state index >= 15 is 0 Å². The highest BCUT2D eigenvalue weighted by Gasteiger charge is 2.21. The molecule has 0 aliphatic heterocycles. The highest BCUT2D eigenvalue weighted by atomic mass is 32.2. The average Bonchev–Trinajstić information content (AvgIpc) is 3.12. The number of nitrogens with zero attached hydrogens (tertiary/aromatic N) is 3. The zero-order valence-corrected chi connectivity index (χ0v) is 15.8. The van der Waals surface area contributed by atoms with Crippen molar-refractivity contribution < 1.29 is 14.1 Å². The number of nitro benzene ring substituents is 1. The second kappa shape index (κ2) is 7.71. The summed E-state index contributed by atoms with van der Waals surface area (Å²) in [6.45, 7) is 5.74. The van der Waals surface area contributed by atoms with Gasteiger partial charge < -0.3 is 4.42 Å². The third kappa shape index (κ3) is 4.22. The van der Waals surface area contributed by atoms with Crippen LogP contribution in [0, 0.1) is 24.0 Å². The Labute approximate surface area is 160 Å². The van der Waals surface area contributed by atoms with Gasteiger partial charge in [0.15, 0.2) is 5.78 Å². The number of nitro groups is 1. The molecule has 0 radical (unpaired) electrons. The van der Waals surface area contributed by atoms with Gasteiger partial charge in [-0.3, -0.25) is 14.9 Å². The normalized spacial score (nSPS) is 12.0. The van der Waals surface area contributed by atoms with Crippen LogP contribution in [0.3, 0.4) is 0 Å². The molecular weight excluding hydrogens is 366 g/mol. The minimum absolute atomic E-state index is 0.0294. The van der Waals surface area contributed by atoms with E-state index in [4.69, 9.17) is 4.42 Å². The predicted molar refractivity (Wildman–Crippen MR) is 102 cm³/mol. The fourth-order valence-electron chi connectivity index (χ4n) is 2.46. The number of Topliss-reactive ketones (excluding diaryl/α,β-unsaturated/α-hetero) is 1. The van der Waals surface area contributed by atoms with Gasteiger partial charge in [-0.2, -0.15) is 0 Å². The van der Waals surface area contributed by atoms with Crippen molar-refractivity contribution in [1.82, 2.24) is 10.2 Å². The molecule has 0 spiro atoms. The number of aromatic nitrogens is 2. The SMILES string of the molecule is Cc1ccc(C(=O)[C@@H](C)Sc2nnc(-c3cccc([N+](=O)[O-])c3)o2)cc1C. The topological polar surface area (TPSA) is 99.1 Å². The summed E-state index contributed by atoms with van der Waals surface area (Å²) in [5.41, 5.74) is 3.22. The summed E-state index contributed by atoms with van der Waals surface area (Å²) in [6, 6.07) is 11.6. The van der Waals surface area contributed by atoms with Crippen LogP contribution in [0.4, 0.5) is 5.69 Å². The second-order valence-corrected chi connectivity index (χ2v) is 7.40. The van der Waals surface area contributed by atoms with Gasteiger partial charge in [-0.05, 0) is 44.0 Å². The summed E-state index contributed by atoms with van der Waals surface area (Å²) >= 11 is 1.16. The van der Waals surface area contributed by atoms with Gasteiger partial charge in [0.25, 0.3) is 10.9 Å². The maximum atomic E-state index is 12.6. The number of carbonyl (C=O) groups excluding carboxylic acids is 1. The molecule has 0 amide bonds. The van der Waals surface area contributed by atoms with Crippen LogP contribution in [-0.4, -0.2) is 26.2 Å². The Morgan fingerprint density at radius 3 is 2.63 bits per heavy atom. The van der Waals surface area contributed by atoms with Gasteiger partial charge in [-0.25, -0.2) is 0 Å². The monoisotopic (exact) mass is 383 g/mol. The third-order valence-electron chi connectivity index (χ3n) is 4.15. The molecule has 0 N–H and O–H groups in total. The molecule has 0 bridgehead atoms. The van der Waals surface area contributed by atoms with E-state index in [1.165, 1.54) is 12.1 Å². The first-order valence-electron chi connectivity index (χ1n) is 8.21. The van der Waals surface area contributed by atoms with Gasteiger partial charge >= 0.3 is 0 Å². The quantitative estimate of drug-likeness (QED) is 0.265. The van der Waals surface area contributed by atoms with E-state index in [2.05, 4.69) is 10.2 Å². The average molecular weight is 383 g/mol. The summed E-state index contributed by atoms with van der Waals surface area (Å²) < 4.78 is 5.57. The number of hydrogen-bond acceptors (Lipinski definition) is 7. The molecule has 0 fully saturated rings. The van der Waals surface area contributed by atoms with Gasteiger partial charge in [0.05, 0.1) is 10.2 Å². The van der Waals surface area contributed by atoms with Crippen molar-refractivity contribution in [2.45, 2.75) is 31.2 Å². The first kappa shape index (κ1) is 18.8. The van der Waals surface area contributed by atoms with Crippen LogP contribution in [0.2, 0.25) is 0 Å². The highest BCUT2D eigenvalue weighted by molar-refractivity contribution is 8.00. The number of non-ortho nitro benzene ring substituents is 1. The van der Waals surface area contributed by atoms with Gasteiger partial charge in [0.1, 0.15) is 0 Å². The molecule has 7 nitrogen and oxygen atoms in total. The van der Waals surface area contributed by atoms with E-state index in [1.807, 2.05) is 32.0 Å². The Balaban J connectivity index is 1.75. The Hall–Kier alpha value is -3.00. The lowest BCUT2D eigenvalue weighted by Gasteiger charge is -2.09. The van der Waals surface area contributed by atoms with Crippen LogP contribution in [0.5, 0.6) is 0 Å². The lowest BCUT2D eigenvalue weighted by molar-refractivity contribution is -0.384. The van der Waals surface area contributed by atoms with Crippen molar-refractivity contribution >= 4 is 23.2 Å². The molecule has 138 valence electrons. The summed E-state index contributed by atoms with van der Waals surface area (Å²) in [6.07, 6.45) is 0. The van der Waals surface area contributed by atoms with Crippen molar-refractivity contribution in [2.24, 2.45) is 0 Å². The van der Waals surface area contributed by atoms with Crippen LogP contribution < -0.4 is 0 Å². The molecular formula is C19H17N3O4S. The number of thioether (sulfide) groups is 1. The molecule has 1 heterocycles. The van der Waals surface area contributed by atoms with Gasteiger partial charge in [-0.1, -0.05) is 30.0 Å². The molecule has 8 heteroatoms. The van der Waals surface area contributed by atoms with E-state index in [9.17, 15) is 14.9 Å². The maximum absolute atomic E-state index is 12.6. The highest BCUT2D eigenvalue weighted by Crippen LogP contribution is 2.29. The van der Waals surface area contributed by atoms with E-state index in [0.29, 0.717) is 11.1 Å². The smallest absolute Gasteiger partial charge is 0.277 e. The third-order valence-corrected chi connectivity index (χ3v) is 5.08. The van der Waals surface area contributed by atoms with Crippen molar-refractivity contribution in [2.75, 3.05) is 0 Å². The van der Waals surface area contributed by atoms with Crippen LogP contribution in [0.1, 0.15) is 28.4 Å². The van der Waals surface area contributed by atoms with Gasteiger partial charge in [-0.15, -0.1) is 10.2 Å². The van der Waals surface area contributed by atoms with Gasteiger partial charge in [0, 0.05) is 23.3 Å². The van der Waals surface area contributed by atoms with Crippen LogP contribution >= 0.6 is 11.8 Å². The summed E-state index contributed by atoms with van der Waals surface area (Å²) in [7, 11) is 0. The van der Waals surface area contributed by atoms with Crippen molar-refractivity contribution in [3.63, 3.8) is 0 Å². The molecule has 0 saturated carbocycles. The number of rotatable bonds is 6. The fourth-order valence-corrected chi connectivity index (χ4v) is 3.22. The number of benzene rings is 2. The lowest BCUT2D eigenvalue weighted by Crippen LogP contribution is -2.13. The molecule has 27 heavy (non-hydrogen) atoms. The fraction of sp³-hybridized carbons (Fsp3) is 0.211. The maximum Gasteiger partial charge on any atom is 0.277 e. The molecule has 1 atom stereocenters. The van der Waals surface area contributed by atoms with Gasteiger partial charge in [0.2, 0.25) is 5.89 Å². The number of carbonyl (C=O) groups is 1. The first-order chi connectivity index (χ1) is 12.8. The summed E-state index contributed by atoms with van der Waals surface area (Å²) in [5.74, 6) is 0.144. The lowest BCUT2D eigenvalue weighted by atomic mass is 10.0. The molecule has 0 aliphatic carbocycles. The molecule has 0 aliphatic rings. The second-order valence-electron chi connectivity index (χ2n) is 6.10. The van der Waals surface area contributed by atoms with Crippen molar-refractivity contribution in [3.05, 3.63) is 69.3 Å². The predicted octanol–water partition coefficient (Wildman–Crippen LogP) is 4.63. The van der Waals surface area contributed by atoms with Crippen molar-refractivity contribution in [3.8, 4) is 11.5 Å². The minimum atomic E-state index is -0.486. The molecule has 0 saturated heterocycles. The van der Waals surface area contributed by atoms with E-state index in [-0.39, 0.29) is 22.6 Å². The zero-order valence-electron chi connectivity index (χ0n) is 15.0. The molecule has 2 aromatic carbocycles. The minimum Gasteiger partial charge on any atom is -0.411 e. The number of ketones is 1. The van der Waals surface area contributed by atoms with Crippen molar-refractivity contribution in [1.29, 1.82) is 0 Å². The molecule has 3 rings (SSSR count). The summed E-state index contributed by atoms with van der Waals surface area (Å²) in [4.78, 5) is 23.0. The van der Waals surface area contributed by atoms with Crippen LogP contribution in [-0.2, 0) is 0 Å². The Morgan fingerprint density at radius 2 is 1.93 bits per heavy atom. The molecule has 3 aromatic rings. The Bertz CT molecular complexity index is 1020. The largest absolute Gasteiger partial charge is 0.411 e.